The zero-order valence-electron chi connectivity index (χ0n) is 5.36. The normalized spacial score (nSPS) is 37.2. The number of rotatable bonds is 1. The van der Waals surface area contributed by atoms with Crippen molar-refractivity contribution in [2.24, 2.45) is 5.92 Å². The van der Waals surface area contributed by atoms with Crippen LogP contribution in [0.3, 0.4) is 0 Å². The third kappa shape index (κ3) is 1.89. The minimum absolute atomic E-state index is 0.171. The van der Waals surface area contributed by atoms with Gasteiger partial charge in [-0.1, -0.05) is 26.2 Å². The Bertz CT molecular complexity index is 74.9. The highest BCUT2D eigenvalue weighted by Crippen LogP contribution is 2.34. The van der Waals surface area contributed by atoms with E-state index in [1.54, 1.807) is 0 Å². The highest BCUT2D eigenvalue weighted by atomic mass is 79.9. The molecular formula is C6H11BrMg. The van der Waals surface area contributed by atoms with Gasteiger partial charge < -0.3 is 12.9 Å². The molecule has 0 aromatic heterocycles. The van der Waals surface area contributed by atoms with Crippen molar-refractivity contribution in [2.75, 3.05) is 0 Å². The van der Waals surface area contributed by atoms with Gasteiger partial charge in [0.05, 0.1) is 0 Å². The molecule has 1 rings (SSSR count). The molecule has 44 valence electrons. The van der Waals surface area contributed by atoms with Gasteiger partial charge in [0.2, 0.25) is 0 Å². The largest absolute Gasteiger partial charge is 0.471 e. The van der Waals surface area contributed by atoms with Crippen molar-refractivity contribution in [3.8, 4) is 0 Å². The molecule has 1 saturated carbocycles. The monoisotopic (exact) mass is 186 g/mol. The van der Waals surface area contributed by atoms with Gasteiger partial charge in [-0.05, 0) is 5.92 Å². The Morgan fingerprint density at radius 3 is 2.50 bits per heavy atom. The first kappa shape index (κ1) is 7.35. The first-order valence-corrected chi connectivity index (χ1v) is 8.10. The zero-order valence-corrected chi connectivity index (χ0v) is 8.36. The number of hydrogen-bond acceptors (Lipinski definition) is 0. The van der Waals surface area contributed by atoms with E-state index in [1.165, 1.54) is 19.3 Å². The highest BCUT2D eigenvalue weighted by Gasteiger charge is 2.20. The summed E-state index contributed by atoms with van der Waals surface area (Å²) >= 11 is 3.81. The van der Waals surface area contributed by atoms with Gasteiger partial charge in [0.1, 0.15) is 0 Å². The lowest BCUT2D eigenvalue weighted by Gasteiger charge is -1.99. The summed E-state index contributed by atoms with van der Waals surface area (Å²) in [4.78, 5) is 0. The average Bonchev–Trinajstić information content (AvgIpc) is 2.14. The molecule has 0 bridgehead atoms. The summed E-state index contributed by atoms with van der Waals surface area (Å²) in [6.45, 7) is 2.37. The molecule has 0 heterocycles. The fraction of sp³-hybridized carbons (Fsp3) is 1.00. The van der Waals surface area contributed by atoms with E-state index < -0.39 is 0 Å². The van der Waals surface area contributed by atoms with Gasteiger partial charge in [0.15, 0.2) is 0 Å². The summed E-state index contributed by atoms with van der Waals surface area (Å²) in [5.41, 5.74) is 0. The topological polar surface area (TPSA) is 0 Å². The smallest absolute Gasteiger partial charge is 0.306 e. The van der Waals surface area contributed by atoms with E-state index >= 15 is 0 Å². The van der Waals surface area contributed by atoms with Crippen molar-refractivity contribution < 1.29 is 0 Å². The van der Waals surface area contributed by atoms with Crippen LogP contribution in [0.2, 0.25) is 4.05 Å². The molecule has 1 fully saturated rings. The standard InChI is InChI=1S/C6H11.BrH.Mg/c1-6-4-2-3-5-6;;/h2,6H,3-5H2,1H3;1H;/q;;+1/p-1. The molecule has 0 amide bonds. The van der Waals surface area contributed by atoms with Crippen LogP contribution >= 0.6 is 12.9 Å². The van der Waals surface area contributed by atoms with Crippen LogP contribution in [0.5, 0.6) is 0 Å². The molecule has 1 aliphatic rings. The van der Waals surface area contributed by atoms with Crippen molar-refractivity contribution in [1.82, 2.24) is 0 Å². The molecular weight excluding hydrogens is 176 g/mol. The molecule has 1 aliphatic carbocycles. The molecule has 0 spiro atoms. The Morgan fingerprint density at radius 2 is 2.25 bits per heavy atom. The van der Waals surface area contributed by atoms with Gasteiger partial charge in [-0.2, -0.15) is 0 Å². The molecule has 2 unspecified atom stereocenters. The summed E-state index contributed by atoms with van der Waals surface area (Å²) in [5, 5.41) is 0. The van der Waals surface area contributed by atoms with Crippen LogP contribution in [-0.4, -0.2) is 18.2 Å². The van der Waals surface area contributed by atoms with Crippen LogP contribution in [0.4, 0.5) is 0 Å². The maximum atomic E-state index is 3.64. The molecule has 2 atom stereocenters. The van der Waals surface area contributed by atoms with Crippen molar-refractivity contribution >= 4 is 31.1 Å². The lowest BCUT2D eigenvalue weighted by molar-refractivity contribution is 0.612. The second-order valence-corrected chi connectivity index (χ2v) is 6.34. The van der Waals surface area contributed by atoms with E-state index in [0.717, 1.165) is 9.97 Å². The van der Waals surface area contributed by atoms with Crippen LogP contribution < -0.4 is 0 Å². The molecule has 0 radical (unpaired) electrons. The summed E-state index contributed by atoms with van der Waals surface area (Å²) in [5.74, 6) is 1.03. The van der Waals surface area contributed by atoms with Gasteiger partial charge in [0.25, 0.3) is 0 Å². The fourth-order valence-corrected chi connectivity index (χ4v) is 4.31. The first-order chi connectivity index (χ1) is 3.83. The lowest BCUT2D eigenvalue weighted by Crippen LogP contribution is -1.90. The molecule has 0 saturated heterocycles. The van der Waals surface area contributed by atoms with Gasteiger partial charge >= 0.3 is 18.2 Å². The fourth-order valence-electron chi connectivity index (χ4n) is 1.47. The highest BCUT2D eigenvalue weighted by molar-refractivity contribution is 9.23. The zero-order chi connectivity index (χ0) is 5.98. The molecule has 0 aromatic rings. The van der Waals surface area contributed by atoms with E-state index in [2.05, 4.69) is 19.8 Å². The van der Waals surface area contributed by atoms with Crippen LogP contribution in [-0.2, 0) is 0 Å². The third-order valence-electron chi connectivity index (χ3n) is 2.02. The van der Waals surface area contributed by atoms with Crippen LogP contribution in [0, 0.1) is 5.92 Å². The minimum atomic E-state index is 0.171. The van der Waals surface area contributed by atoms with E-state index in [0.29, 0.717) is 0 Å². The second-order valence-electron chi connectivity index (χ2n) is 2.94. The van der Waals surface area contributed by atoms with Crippen LogP contribution in [0.1, 0.15) is 26.2 Å². The Hall–Kier alpha value is 1.25. The average molecular weight is 187 g/mol. The molecule has 0 N–H and O–H groups in total. The summed E-state index contributed by atoms with van der Waals surface area (Å²) < 4.78 is 1.13. The van der Waals surface area contributed by atoms with E-state index in [1.807, 2.05) is 0 Å². The molecule has 0 nitrogen and oxygen atoms in total. The van der Waals surface area contributed by atoms with E-state index in [-0.39, 0.29) is 18.2 Å². The molecule has 0 aromatic carbocycles. The van der Waals surface area contributed by atoms with Crippen LogP contribution in [0.15, 0.2) is 0 Å². The lowest BCUT2D eigenvalue weighted by atomic mass is 10.1. The second kappa shape index (κ2) is 3.42. The molecule has 0 aliphatic heterocycles. The van der Waals surface area contributed by atoms with Gasteiger partial charge in [0, 0.05) is 0 Å². The van der Waals surface area contributed by atoms with Crippen LogP contribution in [0.25, 0.3) is 0 Å². The Morgan fingerprint density at radius 1 is 1.50 bits per heavy atom. The Labute approximate surface area is 67.0 Å². The minimum Gasteiger partial charge on any atom is -0.306 e. The summed E-state index contributed by atoms with van der Waals surface area (Å²) in [6, 6.07) is 0. The SMILES string of the molecule is CC1CC[CH]([Mg][Br])C1. The van der Waals surface area contributed by atoms with Crippen molar-refractivity contribution in [3.05, 3.63) is 0 Å². The Balaban J connectivity index is 2.22. The van der Waals surface area contributed by atoms with E-state index in [9.17, 15) is 0 Å². The van der Waals surface area contributed by atoms with Crippen molar-refractivity contribution in [1.29, 1.82) is 0 Å². The molecule has 8 heavy (non-hydrogen) atoms. The Kier molecular flexibility index (Phi) is 3.15. The van der Waals surface area contributed by atoms with Gasteiger partial charge in [-0.15, -0.1) is 4.05 Å². The first-order valence-electron chi connectivity index (χ1n) is 3.39. The van der Waals surface area contributed by atoms with Gasteiger partial charge in [-0.25, -0.2) is 0 Å². The predicted octanol–water partition coefficient (Wildman–Crippen LogP) is 2.61. The maximum Gasteiger partial charge on any atom is 0.471 e. The van der Waals surface area contributed by atoms with Crippen molar-refractivity contribution in [2.45, 2.75) is 30.2 Å². The third-order valence-corrected chi connectivity index (χ3v) is 5.95. The molecule has 2 heteroatoms. The van der Waals surface area contributed by atoms with Crippen molar-refractivity contribution in [3.63, 3.8) is 0 Å². The number of hydrogen-bond donors (Lipinski definition) is 0. The quantitative estimate of drug-likeness (QED) is 0.554. The van der Waals surface area contributed by atoms with Gasteiger partial charge in [-0.3, -0.25) is 0 Å². The predicted molar refractivity (Wildman–Crippen MR) is 41.4 cm³/mol. The summed E-state index contributed by atoms with van der Waals surface area (Å²) in [6.07, 6.45) is 4.51. The summed E-state index contributed by atoms with van der Waals surface area (Å²) in [7, 11) is 0. The number of halogens is 1. The van der Waals surface area contributed by atoms with E-state index in [4.69, 9.17) is 0 Å². The maximum absolute atomic E-state index is 3.64.